The molecule has 1 aromatic rings. The zero-order valence-electron chi connectivity index (χ0n) is 13.7. The van der Waals surface area contributed by atoms with Gasteiger partial charge in [-0.2, -0.15) is 0 Å². The van der Waals surface area contributed by atoms with E-state index < -0.39 is 0 Å². The molecule has 3 heteroatoms. The highest BCUT2D eigenvalue weighted by molar-refractivity contribution is 5.20. The van der Waals surface area contributed by atoms with Crippen molar-refractivity contribution in [3.63, 3.8) is 0 Å². The van der Waals surface area contributed by atoms with Gasteiger partial charge in [-0.05, 0) is 44.7 Å². The SMILES string of the molecule is CCC1CCC(C)N1Cc1cc(C)c(CNC(C)C)o1. The van der Waals surface area contributed by atoms with Crippen LogP contribution in [0.5, 0.6) is 0 Å². The molecule has 0 saturated carbocycles. The highest BCUT2D eigenvalue weighted by atomic mass is 16.3. The van der Waals surface area contributed by atoms with E-state index in [1.807, 2.05) is 0 Å². The molecule has 1 aromatic heterocycles. The summed E-state index contributed by atoms with van der Waals surface area (Å²) in [6, 6.07) is 4.12. The Balaban J connectivity index is 2.01. The third-order valence-corrected chi connectivity index (χ3v) is 4.50. The summed E-state index contributed by atoms with van der Waals surface area (Å²) in [5.74, 6) is 2.21. The molecule has 0 aromatic carbocycles. The third-order valence-electron chi connectivity index (χ3n) is 4.50. The fraction of sp³-hybridized carbons (Fsp3) is 0.765. The topological polar surface area (TPSA) is 28.4 Å². The number of hydrogen-bond acceptors (Lipinski definition) is 3. The van der Waals surface area contributed by atoms with E-state index in [9.17, 15) is 0 Å². The first-order valence-corrected chi connectivity index (χ1v) is 8.08. The van der Waals surface area contributed by atoms with Crippen LogP contribution in [0.3, 0.4) is 0 Å². The molecule has 1 N–H and O–H groups in total. The molecule has 0 radical (unpaired) electrons. The lowest BCUT2D eigenvalue weighted by Gasteiger charge is -2.26. The Hall–Kier alpha value is -0.800. The lowest BCUT2D eigenvalue weighted by molar-refractivity contribution is 0.173. The first-order chi connectivity index (χ1) is 9.51. The van der Waals surface area contributed by atoms with Crippen molar-refractivity contribution in [3.8, 4) is 0 Å². The molecule has 2 atom stereocenters. The van der Waals surface area contributed by atoms with Crippen molar-refractivity contribution in [2.24, 2.45) is 0 Å². The molecular weight excluding hydrogens is 248 g/mol. The molecule has 0 amide bonds. The number of furan rings is 1. The predicted molar refractivity (Wildman–Crippen MR) is 83.7 cm³/mol. The second-order valence-corrected chi connectivity index (χ2v) is 6.52. The van der Waals surface area contributed by atoms with Gasteiger partial charge in [-0.3, -0.25) is 4.90 Å². The molecule has 1 aliphatic rings. The maximum Gasteiger partial charge on any atom is 0.120 e. The average Bonchev–Trinajstić information content (AvgIpc) is 2.92. The van der Waals surface area contributed by atoms with Crippen LogP contribution in [0.1, 0.15) is 64.0 Å². The van der Waals surface area contributed by atoms with E-state index in [-0.39, 0.29) is 0 Å². The summed E-state index contributed by atoms with van der Waals surface area (Å²) in [5.41, 5.74) is 1.27. The number of nitrogens with one attached hydrogen (secondary N) is 1. The summed E-state index contributed by atoms with van der Waals surface area (Å²) in [6.07, 6.45) is 3.89. The maximum absolute atomic E-state index is 6.06. The molecule has 20 heavy (non-hydrogen) atoms. The van der Waals surface area contributed by atoms with Crippen LogP contribution < -0.4 is 5.32 Å². The van der Waals surface area contributed by atoms with Gasteiger partial charge in [0.15, 0.2) is 0 Å². The molecular formula is C17H30N2O. The predicted octanol–water partition coefficient (Wildman–Crippen LogP) is 3.85. The summed E-state index contributed by atoms with van der Waals surface area (Å²) in [5, 5.41) is 3.43. The lowest BCUT2D eigenvalue weighted by Crippen LogP contribution is -2.33. The monoisotopic (exact) mass is 278 g/mol. The minimum Gasteiger partial charge on any atom is -0.463 e. The first kappa shape index (κ1) is 15.6. The van der Waals surface area contributed by atoms with Crippen molar-refractivity contribution in [2.45, 2.75) is 85.1 Å². The van der Waals surface area contributed by atoms with Crippen LogP contribution in [0.4, 0.5) is 0 Å². The first-order valence-electron chi connectivity index (χ1n) is 8.08. The van der Waals surface area contributed by atoms with Crippen molar-refractivity contribution in [1.82, 2.24) is 10.2 Å². The van der Waals surface area contributed by atoms with Crippen molar-refractivity contribution in [1.29, 1.82) is 0 Å². The molecule has 0 spiro atoms. The summed E-state index contributed by atoms with van der Waals surface area (Å²) in [7, 11) is 0. The van der Waals surface area contributed by atoms with Gasteiger partial charge in [0.1, 0.15) is 11.5 Å². The molecule has 1 saturated heterocycles. The molecule has 3 nitrogen and oxygen atoms in total. The van der Waals surface area contributed by atoms with Gasteiger partial charge in [0.2, 0.25) is 0 Å². The minimum absolute atomic E-state index is 0.492. The van der Waals surface area contributed by atoms with E-state index in [0.29, 0.717) is 12.1 Å². The summed E-state index contributed by atoms with van der Waals surface area (Å²) in [4.78, 5) is 2.61. The van der Waals surface area contributed by atoms with Crippen LogP contribution in [-0.4, -0.2) is 23.0 Å². The van der Waals surface area contributed by atoms with E-state index >= 15 is 0 Å². The third kappa shape index (κ3) is 3.64. The molecule has 114 valence electrons. The Morgan fingerprint density at radius 2 is 2.15 bits per heavy atom. The molecule has 2 heterocycles. The molecule has 1 aliphatic heterocycles. The Labute approximate surface area is 123 Å². The van der Waals surface area contributed by atoms with Gasteiger partial charge in [-0.25, -0.2) is 0 Å². The summed E-state index contributed by atoms with van der Waals surface area (Å²) < 4.78 is 6.06. The summed E-state index contributed by atoms with van der Waals surface area (Å²) in [6.45, 7) is 12.9. The summed E-state index contributed by atoms with van der Waals surface area (Å²) >= 11 is 0. The van der Waals surface area contributed by atoms with Gasteiger partial charge in [0, 0.05) is 18.1 Å². The quantitative estimate of drug-likeness (QED) is 0.857. The van der Waals surface area contributed by atoms with Gasteiger partial charge >= 0.3 is 0 Å². The van der Waals surface area contributed by atoms with Crippen molar-refractivity contribution in [3.05, 3.63) is 23.2 Å². The Morgan fingerprint density at radius 1 is 1.40 bits per heavy atom. The van der Waals surface area contributed by atoms with Crippen molar-refractivity contribution < 1.29 is 4.42 Å². The lowest BCUT2D eigenvalue weighted by atomic mass is 10.1. The van der Waals surface area contributed by atoms with Gasteiger partial charge in [0.05, 0.1) is 13.1 Å². The standard InChI is InChI=1S/C17H30N2O/c1-6-15-8-7-14(5)19(15)11-16-9-13(4)17(20-16)10-18-12(2)3/h9,12,14-15,18H,6-8,10-11H2,1-5H3. The van der Waals surface area contributed by atoms with Crippen LogP contribution in [0.2, 0.25) is 0 Å². The largest absolute Gasteiger partial charge is 0.463 e. The minimum atomic E-state index is 0.492. The molecule has 2 rings (SSSR count). The maximum atomic E-state index is 6.06. The number of rotatable bonds is 6. The second-order valence-electron chi connectivity index (χ2n) is 6.52. The highest BCUT2D eigenvalue weighted by Crippen LogP contribution is 2.28. The molecule has 0 aliphatic carbocycles. The zero-order chi connectivity index (χ0) is 14.7. The number of likely N-dealkylation sites (tertiary alicyclic amines) is 1. The fourth-order valence-corrected chi connectivity index (χ4v) is 3.17. The zero-order valence-corrected chi connectivity index (χ0v) is 13.7. The number of hydrogen-bond donors (Lipinski definition) is 1. The smallest absolute Gasteiger partial charge is 0.120 e. The number of nitrogens with zero attached hydrogens (tertiary/aromatic N) is 1. The van der Waals surface area contributed by atoms with Crippen molar-refractivity contribution >= 4 is 0 Å². The van der Waals surface area contributed by atoms with Crippen LogP contribution in [0, 0.1) is 6.92 Å². The number of aryl methyl sites for hydroxylation is 1. The van der Waals surface area contributed by atoms with E-state index in [2.05, 4.69) is 50.9 Å². The van der Waals surface area contributed by atoms with Crippen LogP contribution in [0.15, 0.2) is 10.5 Å². The van der Waals surface area contributed by atoms with Crippen LogP contribution in [-0.2, 0) is 13.1 Å². The Kier molecular flexibility index (Phi) is 5.28. The van der Waals surface area contributed by atoms with E-state index in [0.717, 1.165) is 30.7 Å². The van der Waals surface area contributed by atoms with E-state index in [4.69, 9.17) is 4.42 Å². The van der Waals surface area contributed by atoms with E-state index in [1.54, 1.807) is 0 Å². The van der Waals surface area contributed by atoms with Gasteiger partial charge in [-0.15, -0.1) is 0 Å². The fourth-order valence-electron chi connectivity index (χ4n) is 3.17. The van der Waals surface area contributed by atoms with Gasteiger partial charge in [0.25, 0.3) is 0 Å². The van der Waals surface area contributed by atoms with Crippen LogP contribution >= 0.6 is 0 Å². The van der Waals surface area contributed by atoms with Gasteiger partial charge in [-0.1, -0.05) is 20.8 Å². The second kappa shape index (κ2) is 6.77. The highest BCUT2D eigenvalue weighted by Gasteiger charge is 2.29. The molecule has 0 bridgehead atoms. The molecule has 2 unspecified atom stereocenters. The molecule has 1 fully saturated rings. The Morgan fingerprint density at radius 3 is 2.80 bits per heavy atom. The Bertz CT molecular complexity index is 425. The van der Waals surface area contributed by atoms with Crippen LogP contribution in [0.25, 0.3) is 0 Å². The van der Waals surface area contributed by atoms with E-state index in [1.165, 1.54) is 24.8 Å². The average molecular weight is 278 g/mol. The van der Waals surface area contributed by atoms with Crippen molar-refractivity contribution in [2.75, 3.05) is 0 Å². The normalized spacial score (nSPS) is 23.9. The van der Waals surface area contributed by atoms with Gasteiger partial charge < -0.3 is 9.73 Å².